The van der Waals surface area contributed by atoms with E-state index in [1.165, 1.54) is 0 Å². The highest BCUT2D eigenvalue weighted by Crippen LogP contribution is 2.09. The summed E-state index contributed by atoms with van der Waals surface area (Å²) in [6.07, 6.45) is 0.897. The van der Waals surface area contributed by atoms with Gasteiger partial charge in [-0.2, -0.15) is 0 Å². The summed E-state index contributed by atoms with van der Waals surface area (Å²) >= 11 is 0. The first-order valence-corrected chi connectivity index (χ1v) is 11.5. The molecule has 0 fully saturated rings. The van der Waals surface area contributed by atoms with E-state index in [9.17, 15) is 24.0 Å². The zero-order valence-electron chi connectivity index (χ0n) is 21.5. The number of hydrazine groups is 1. The first kappa shape index (κ1) is 30.1. The van der Waals surface area contributed by atoms with E-state index >= 15 is 0 Å². The maximum absolute atomic E-state index is 13.0. The third kappa shape index (κ3) is 12.0. The van der Waals surface area contributed by atoms with Gasteiger partial charge < -0.3 is 19.5 Å². The SMILES string of the molecule is CCOC(=O)/C=C/C(=O)N(CC(=O)OC(C)(C)C)NC(=O)[C@@H](NC(=O)OCc1ccccc1)C(C)C. The van der Waals surface area contributed by atoms with E-state index in [1.807, 2.05) is 6.07 Å². The molecule has 0 bridgehead atoms. The smallest absolute Gasteiger partial charge is 0.408 e. The van der Waals surface area contributed by atoms with Crippen molar-refractivity contribution in [3.63, 3.8) is 0 Å². The van der Waals surface area contributed by atoms with Gasteiger partial charge in [0.25, 0.3) is 11.8 Å². The minimum Gasteiger partial charge on any atom is -0.463 e. The summed E-state index contributed by atoms with van der Waals surface area (Å²) in [6.45, 7) is 9.39. The second kappa shape index (κ2) is 14.5. The van der Waals surface area contributed by atoms with Gasteiger partial charge in [-0.05, 0) is 39.2 Å². The van der Waals surface area contributed by atoms with Gasteiger partial charge in [-0.25, -0.2) is 14.6 Å². The summed E-state index contributed by atoms with van der Waals surface area (Å²) in [5.41, 5.74) is 2.25. The lowest BCUT2D eigenvalue weighted by Gasteiger charge is -2.28. The number of carbonyl (C=O) groups excluding carboxylic acids is 5. The number of alkyl carbamates (subject to hydrolysis) is 1. The Hall–Kier alpha value is -3.89. The van der Waals surface area contributed by atoms with Gasteiger partial charge in [-0.1, -0.05) is 44.2 Å². The van der Waals surface area contributed by atoms with E-state index in [1.54, 1.807) is 65.8 Å². The van der Waals surface area contributed by atoms with Crippen LogP contribution in [-0.2, 0) is 40.0 Å². The molecule has 1 aromatic rings. The Kier molecular flexibility index (Phi) is 12.1. The molecule has 1 aromatic carbocycles. The Morgan fingerprint density at radius 2 is 1.64 bits per heavy atom. The summed E-state index contributed by atoms with van der Waals surface area (Å²) in [7, 11) is 0. The Morgan fingerprint density at radius 1 is 1.00 bits per heavy atom. The summed E-state index contributed by atoms with van der Waals surface area (Å²) in [4.78, 5) is 61.8. The van der Waals surface area contributed by atoms with Gasteiger partial charge in [0.15, 0.2) is 0 Å². The lowest BCUT2D eigenvalue weighted by Crippen LogP contribution is -2.57. The standard InChI is InChI=1S/C25H35N3O8/c1-7-34-20(30)14-13-19(29)28(15-21(31)36-25(4,5)6)27-23(32)22(17(2)3)26-24(33)35-16-18-11-9-8-10-12-18/h8-14,17,22H,7,15-16H2,1-6H3,(H,26,33)(H,27,32)/b14-13+/t22-/m0/s1. The van der Waals surface area contributed by atoms with Crippen LogP contribution in [0.5, 0.6) is 0 Å². The van der Waals surface area contributed by atoms with Gasteiger partial charge in [0.1, 0.15) is 24.8 Å². The van der Waals surface area contributed by atoms with Crippen molar-refractivity contribution in [2.75, 3.05) is 13.2 Å². The molecule has 11 nitrogen and oxygen atoms in total. The quantitative estimate of drug-likeness (QED) is 0.214. The van der Waals surface area contributed by atoms with Gasteiger partial charge in [-0.3, -0.25) is 19.8 Å². The molecule has 1 atom stereocenters. The topological polar surface area (TPSA) is 140 Å². The summed E-state index contributed by atoms with van der Waals surface area (Å²) in [6, 6.07) is 7.89. The molecule has 0 spiro atoms. The zero-order valence-corrected chi connectivity index (χ0v) is 21.5. The number of esters is 2. The third-order valence-electron chi connectivity index (χ3n) is 4.30. The molecule has 0 heterocycles. The van der Waals surface area contributed by atoms with Gasteiger partial charge >= 0.3 is 18.0 Å². The molecule has 11 heteroatoms. The van der Waals surface area contributed by atoms with Crippen LogP contribution in [-0.4, -0.2) is 59.6 Å². The van der Waals surface area contributed by atoms with Crippen molar-refractivity contribution in [1.82, 2.24) is 15.8 Å². The predicted octanol–water partition coefficient (Wildman–Crippen LogP) is 2.26. The number of hydrogen-bond acceptors (Lipinski definition) is 8. The van der Waals surface area contributed by atoms with Crippen LogP contribution in [0.3, 0.4) is 0 Å². The predicted molar refractivity (Wildman–Crippen MR) is 130 cm³/mol. The number of ether oxygens (including phenoxy) is 3. The number of carbonyl (C=O) groups is 5. The Bertz CT molecular complexity index is 938. The normalized spacial score (nSPS) is 12.0. The van der Waals surface area contributed by atoms with Crippen LogP contribution in [0.2, 0.25) is 0 Å². The van der Waals surface area contributed by atoms with Gasteiger partial charge in [-0.15, -0.1) is 0 Å². The average Bonchev–Trinajstić information content (AvgIpc) is 2.78. The van der Waals surface area contributed by atoms with Crippen LogP contribution in [0.15, 0.2) is 42.5 Å². The Morgan fingerprint density at radius 3 is 2.19 bits per heavy atom. The minimum absolute atomic E-state index is 0.00101. The van der Waals surface area contributed by atoms with Crippen molar-refractivity contribution in [1.29, 1.82) is 0 Å². The molecule has 3 amide bonds. The average molecular weight is 506 g/mol. The molecule has 0 unspecified atom stereocenters. The van der Waals surface area contributed by atoms with Crippen molar-refractivity contribution >= 4 is 29.8 Å². The van der Waals surface area contributed by atoms with Crippen molar-refractivity contribution in [2.45, 2.75) is 59.8 Å². The molecule has 198 valence electrons. The number of hydrogen-bond donors (Lipinski definition) is 2. The van der Waals surface area contributed by atoms with Crippen LogP contribution < -0.4 is 10.7 Å². The fraction of sp³-hybridized carbons (Fsp3) is 0.480. The fourth-order valence-electron chi connectivity index (χ4n) is 2.72. The first-order valence-electron chi connectivity index (χ1n) is 11.5. The molecule has 36 heavy (non-hydrogen) atoms. The van der Waals surface area contributed by atoms with Crippen LogP contribution in [0.4, 0.5) is 4.79 Å². The van der Waals surface area contributed by atoms with Gasteiger partial charge in [0.05, 0.1) is 6.61 Å². The van der Waals surface area contributed by atoms with E-state index in [-0.39, 0.29) is 13.2 Å². The first-order chi connectivity index (χ1) is 16.8. The molecule has 2 N–H and O–H groups in total. The van der Waals surface area contributed by atoms with E-state index in [4.69, 9.17) is 14.2 Å². The number of benzene rings is 1. The van der Waals surface area contributed by atoms with Crippen molar-refractivity contribution in [3.05, 3.63) is 48.0 Å². The maximum atomic E-state index is 13.0. The molecule has 0 aromatic heterocycles. The van der Waals surface area contributed by atoms with Crippen LogP contribution in [0.1, 0.15) is 47.1 Å². The fourth-order valence-corrected chi connectivity index (χ4v) is 2.72. The second-order valence-electron chi connectivity index (χ2n) is 9.00. The Labute approximate surface area is 211 Å². The van der Waals surface area contributed by atoms with Gasteiger partial charge in [0.2, 0.25) is 0 Å². The Balaban J connectivity index is 2.93. The van der Waals surface area contributed by atoms with Crippen LogP contribution in [0, 0.1) is 5.92 Å². The molecule has 0 aliphatic rings. The highest BCUT2D eigenvalue weighted by atomic mass is 16.6. The molecule has 0 saturated heterocycles. The van der Waals surface area contributed by atoms with E-state index in [0.717, 1.165) is 17.7 Å². The third-order valence-corrected chi connectivity index (χ3v) is 4.30. The summed E-state index contributed by atoms with van der Waals surface area (Å²) < 4.78 is 15.1. The van der Waals surface area contributed by atoms with E-state index in [2.05, 4.69) is 10.7 Å². The van der Waals surface area contributed by atoms with Crippen LogP contribution in [0.25, 0.3) is 0 Å². The summed E-state index contributed by atoms with van der Waals surface area (Å²) in [5.74, 6) is -3.61. The highest BCUT2D eigenvalue weighted by Gasteiger charge is 2.29. The van der Waals surface area contributed by atoms with Gasteiger partial charge in [0, 0.05) is 12.2 Å². The largest absolute Gasteiger partial charge is 0.463 e. The van der Waals surface area contributed by atoms with Crippen LogP contribution >= 0.6 is 0 Å². The summed E-state index contributed by atoms with van der Waals surface area (Å²) in [5, 5.41) is 3.16. The maximum Gasteiger partial charge on any atom is 0.408 e. The van der Waals surface area contributed by atoms with Crippen molar-refractivity contribution in [2.24, 2.45) is 5.92 Å². The number of nitrogens with zero attached hydrogens (tertiary/aromatic N) is 1. The molecule has 1 rings (SSSR count). The van der Waals surface area contributed by atoms with Crippen molar-refractivity contribution < 1.29 is 38.2 Å². The van der Waals surface area contributed by atoms with E-state index in [0.29, 0.717) is 5.01 Å². The monoisotopic (exact) mass is 505 g/mol. The second-order valence-corrected chi connectivity index (χ2v) is 9.00. The van der Waals surface area contributed by atoms with E-state index < -0.39 is 54.0 Å². The molecular weight excluding hydrogens is 470 g/mol. The highest BCUT2D eigenvalue weighted by molar-refractivity contribution is 5.97. The molecular formula is C25H35N3O8. The zero-order chi connectivity index (χ0) is 27.3. The molecule has 0 saturated carbocycles. The molecule has 0 radical (unpaired) electrons. The van der Waals surface area contributed by atoms with Crippen molar-refractivity contribution in [3.8, 4) is 0 Å². The molecule has 0 aliphatic carbocycles. The molecule has 0 aliphatic heterocycles. The number of rotatable bonds is 10. The lowest BCUT2D eigenvalue weighted by molar-refractivity contribution is -0.160. The minimum atomic E-state index is -1.10. The lowest BCUT2D eigenvalue weighted by atomic mass is 10.0. The number of nitrogens with one attached hydrogen (secondary N) is 2. The number of amides is 3.